The summed E-state index contributed by atoms with van der Waals surface area (Å²) in [4.78, 5) is 23.7. The molecule has 172 valence electrons. The van der Waals surface area contributed by atoms with Crippen molar-refractivity contribution in [2.75, 3.05) is 26.7 Å². The Bertz CT molecular complexity index is 1250. The normalized spacial score (nSPS) is 20.3. The molecule has 33 heavy (non-hydrogen) atoms. The molecule has 1 aliphatic carbocycles. The number of pyridine rings is 2. The summed E-state index contributed by atoms with van der Waals surface area (Å²) in [6, 6.07) is 13.2. The Morgan fingerprint density at radius 2 is 1.82 bits per heavy atom. The van der Waals surface area contributed by atoms with Gasteiger partial charge in [-0.1, -0.05) is 18.2 Å². The highest BCUT2D eigenvalue weighted by molar-refractivity contribution is 5.94. The molecule has 2 fully saturated rings. The molecule has 0 unspecified atom stereocenters. The molecule has 3 aromatic rings. The number of rotatable bonds is 4. The van der Waals surface area contributed by atoms with Crippen LogP contribution in [0.15, 0.2) is 41.2 Å². The van der Waals surface area contributed by atoms with Crippen molar-refractivity contribution >= 4 is 10.9 Å². The highest BCUT2D eigenvalue weighted by atomic mass is 16.1. The Hall–Kier alpha value is -2.50. The molecule has 0 spiro atoms. The van der Waals surface area contributed by atoms with Gasteiger partial charge in [-0.25, -0.2) is 0 Å². The van der Waals surface area contributed by atoms with E-state index in [1.807, 2.05) is 13.0 Å². The Kier molecular flexibility index (Phi) is 5.34. The summed E-state index contributed by atoms with van der Waals surface area (Å²) in [5.74, 6) is 0.672. The first-order chi connectivity index (χ1) is 16.1. The van der Waals surface area contributed by atoms with E-state index in [0.717, 1.165) is 53.8 Å². The first-order valence-electron chi connectivity index (χ1n) is 12.6. The molecule has 1 saturated heterocycles. The molecule has 0 N–H and O–H groups in total. The molecule has 0 amide bonds. The van der Waals surface area contributed by atoms with Crippen LogP contribution in [0.4, 0.5) is 0 Å². The van der Waals surface area contributed by atoms with Crippen LogP contribution < -0.4 is 5.56 Å². The van der Waals surface area contributed by atoms with Crippen molar-refractivity contribution in [1.82, 2.24) is 19.4 Å². The Balaban J connectivity index is 1.44. The molecular weight excluding hydrogens is 408 g/mol. The maximum atomic E-state index is 13.9. The Morgan fingerprint density at radius 3 is 2.61 bits per heavy atom. The molecule has 5 nitrogen and oxygen atoms in total. The number of aromatic nitrogens is 2. The minimum absolute atomic E-state index is 0.182. The van der Waals surface area contributed by atoms with Crippen LogP contribution in [0.3, 0.4) is 0 Å². The zero-order valence-corrected chi connectivity index (χ0v) is 19.9. The summed E-state index contributed by atoms with van der Waals surface area (Å²) in [6.07, 6.45) is 5.99. The molecule has 1 saturated carbocycles. The second-order valence-corrected chi connectivity index (χ2v) is 10.5. The number of likely N-dealkylation sites (tertiary alicyclic amines) is 1. The lowest BCUT2D eigenvalue weighted by Gasteiger charge is -2.40. The van der Waals surface area contributed by atoms with Crippen molar-refractivity contribution in [3.63, 3.8) is 0 Å². The van der Waals surface area contributed by atoms with Gasteiger partial charge < -0.3 is 9.47 Å². The predicted molar refractivity (Wildman–Crippen MR) is 134 cm³/mol. The van der Waals surface area contributed by atoms with E-state index in [0.29, 0.717) is 12.0 Å². The van der Waals surface area contributed by atoms with Crippen molar-refractivity contribution in [2.24, 2.45) is 5.92 Å². The molecule has 4 heterocycles. The molecule has 2 aromatic heterocycles. The monoisotopic (exact) mass is 442 g/mol. The van der Waals surface area contributed by atoms with E-state index in [1.165, 1.54) is 50.0 Å². The third-order valence-corrected chi connectivity index (χ3v) is 8.00. The highest BCUT2D eigenvalue weighted by Gasteiger charge is 2.31. The highest BCUT2D eigenvalue weighted by Crippen LogP contribution is 2.34. The SMILES string of the molecule is Cc1ccc2c(-c3cc4c(n(CC5CC5)c3=O)CCN(C3CCN(C)CC3)C4)cccc2n1. The quantitative estimate of drug-likeness (QED) is 0.606. The molecule has 0 atom stereocenters. The van der Waals surface area contributed by atoms with E-state index in [9.17, 15) is 4.79 Å². The van der Waals surface area contributed by atoms with Gasteiger partial charge in [-0.2, -0.15) is 0 Å². The molecule has 3 aliphatic rings. The van der Waals surface area contributed by atoms with Gasteiger partial charge in [0.25, 0.3) is 5.56 Å². The average Bonchev–Trinajstić information content (AvgIpc) is 3.64. The van der Waals surface area contributed by atoms with Gasteiger partial charge >= 0.3 is 0 Å². The second kappa shape index (κ2) is 8.37. The standard InChI is InChI=1S/C28H34N4O/c1-19-6-9-24-23(4-3-5-26(24)29-19)25-16-21-18-31(22-10-13-30(2)14-11-22)15-12-27(21)32(28(25)33)17-20-7-8-20/h3-6,9,16,20,22H,7-8,10-15,17-18H2,1-2H3. The van der Waals surface area contributed by atoms with Crippen molar-refractivity contribution in [3.05, 3.63) is 63.7 Å². The van der Waals surface area contributed by atoms with E-state index in [-0.39, 0.29) is 5.56 Å². The zero-order chi connectivity index (χ0) is 22.5. The van der Waals surface area contributed by atoms with Gasteiger partial charge in [0.2, 0.25) is 0 Å². The number of hydrogen-bond donors (Lipinski definition) is 0. The number of fused-ring (bicyclic) bond motifs is 2. The fourth-order valence-corrected chi connectivity index (χ4v) is 5.85. The maximum Gasteiger partial charge on any atom is 0.258 e. The first-order valence-corrected chi connectivity index (χ1v) is 12.6. The van der Waals surface area contributed by atoms with E-state index >= 15 is 0 Å². The summed E-state index contributed by atoms with van der Waals surface area (Å²) in [5, 5.41) is 1.07. The third kappa shape index (κ3) is 4.02. The molecule has 0 bridgehead atoms. The van der Waals surface area contributed by atoms with Crippen LogP contribution in [-0.2, 0) is 19.5 Å². The molecule has 0 radical (unpaired) electrons. The number of aryl methyl sites for hydroxylation is 1. The predicted octanol–water partition coefficient (Wildman–Crippen LogP) is 4.23. The van der Waals surface area contributed by atoms with Crippen molar-refractivity contribution in [3.8, 4) is 11.1 Å². The topological polar surface area (TPSA) is 41.4 Å². The van der Waals surface area contributed by atoms with Crippen LogP contribution in [0.2, 0.25) is 0 Å². The van der Waals surface area contributed by atoms with Crippen LogP contribution in [0.5, 0.6) is 0 Å². The minimum Gasteiger partial charge on any atom is -0.311 e. The van der Waals surface area contributed by atoms with Gasteiger partial charge in [0.1, 0.15) is 0 Å². The van der Waals surface area contributed by atoms with Crippen LogP contribution in [0, 0.1) is 12.8 Å². The first kappa shape index (κ1) is 21.1. The average molecular weight is 443 g/mol. The smallest absolute Gasteiger partial charge is 0.258 e. The molecule has 5 heteroatoms. The van der Waals surface area contributed by atoms with E-state index in [1.54, 1.807) is 0 Å². The fourth-order valence-electron chi connectivity index (χ4n) is 5.85. The van der Waals surface area contributed by atoms with Crippen LogP contribution >= 0.6 is 0 Å². The molecule has 6 rings (SSSR count). The number of nitrogens with zero attached hydrogens (tertiary/aromatic N) is 4. The number of benzene rings is 1. The summed E-state index contributed by atoms with van der Waals surface area (Å²) >= 11 is 0. The summed E-state index contributed by atoms with van der Waals surface area (Å²) in [7, 11) is 2.23. The molecule has 1 aromatic carbocycles. The lowest BCUT2D eigenvalue weighted by molar-refractivity contribution is 0.108. The Morgan fingerprint density at radius 1 is 1.00 bits per heavy atom. The zero-order valence-electron chi connectivity index (χ0n) is 19.9. The van der Waals surface area contributed by atoms with Gasteiger partial charge in [-0.05, 0) is 88.0 Å². The summed E-state index contributed by atoms with van der Waals surface area (Å²) in [5.41, 5.74) is 6.66. The lowest BCUT2D eigenvalue weighted by Crippen LogP contribution is -2.46. The largest absolute Gasteiger partial charge is 0.311 e. The molecule has 2 aliphatic heterocycles. The second-order valence-electron chi connectivity index (χ2n) is 10.5. The number of hydrogen-bond acceptors (Lipinski definition) is 4. The van der Waals surface area contributed by atoms with Gasteiger partial charge in [-0.15, -0.1) is 0 Å². The van der Waals surface area contributed by atoms with Gasteiger partial charge in [0, 0.05) is 54.4 Å². The van der Waals surface area contributed by atoms with E-state index in [2.05, 4.69) is 51.7 Å². The summed E-state index contributed by atoms with van der Waals surface area (Å²) < 4.78 is 2.15. The van der Waals surface area contributed by atoms with Crippen molar-refractivity contribution < 1.29 is 0 Å². The number of piperidine rings is 1. The van der Waals surface area contributed by atoms with Gasteiger partial charge in [-0.3, -0.25) is 14.7 Å². The van der Waals surface area contributed by atoms with Crippen LogP contribution in [0.25, 0.3) is 22.0 Å². The van der Waals surface area contributed by atoms with Crippen molar-refractivity contribution in [1.29, 1.82) is 0 Å². The van der Waals surface area contributed by atoms with Gasteiger partial charge in [0.05, 0.1) is 5.52 Å². The third-order valence-electron chi connectivity index (χ3n) is 8.00. The summed E-state index contributed by atoms with van der Waals surface area (Å²) in [6.45, 7) is 7.30. The molecular formula is C28H34N4O. The van der Waals surface area contributed by atoms with E-state index in [4.69, 9.17) is 4.98 Å². The fraction of sp³-hybridized carbons (Fsp3) is 0.500. The van der Waals surface area contributed by atoms with Crippen LogP contribution in [-0.4, -0.2) is 52.1 Å². The van der Waals surface area contributed by atoms with Gasteiger partial charge in [0.15, 0.2) is 0 Å². The lowest BCUT2D eigenvalue weighted by atomic mass is 9.94. The minimum atomic E-state index is 0.182. The Labute approximate surface area is 196 Å². The van der Waals surface area contributed by atoms with E-state index < -0.39 is 0 Å². The maximum absolute atomic E-state index is 13.9. The van der Waals surface area contributed by atoms with Crippen molar-refractivity contribution in [2.45, 2.75) is 58.2 Å². The van der Waals surface area contributed by atoms with Crippen LogP contribution in [0.1, 0.15) is 42.6 Å².